The first-order chi connectivity index (χ1) is 13.5. The van der Waals surface area contributed by atoms with Crippen molar-refractivity contribution in [1.82, 2.24) is 4.72 Å². The highest BCUT2D eigenvalue weighted by Crippen LogP contribution is 2.22. The fourth-order valence-electron chi connectivity index (χ4n) is 2.36. The zero-order valence-electron chi connectivity index (χ0n) is 15.5. The predicted octanol–water partition coefficient (Wildman–Crippen LogP) is 5.17. The Morgan fingerprint density at radius 3 is 2.79 bits per heavy atom. The molecule has 0 bridgehead atoms. The average molecular weight is 402 g/mol. The molecule has 0 saturated heterocycles. The van der Waals surface area contributed by atoms with Gasteiger partial charge in [-0.15, -0.1) is 0 Å². The van der Waals surface area contributed by atoms with Crippen LogP contribution in [0.3, 0.4) is 0 Å². The van der Waals surface area contributed by atoms with E-state index in [1.165, 1.54) is 0 Å². The molecule has 1 amide bonds. The number of halogens is 2. The third kappa shape index (κ3) is 5.79. The van der Waals surface area contributed by atoms with E-state index in [4.69, 9.17) is 4.74 Å². The highest BCUT2D eigenvalue weighted by molar-refractivity contribution is 7.97. The zero-order chi connectivity index (χ0) is 20.5. The van der Waals surface area contributed by atoms with Gasteiger partial charge in [-0.05, 0) is 55.1 Å². The van der Waals surface area contributed by atoms with Crippen LogP contribution in [0.2, 0.25) is 0 Å². The second-order valence-electron chi connectivity index (χ2n) is 5.75. The van der Waals surface area contributed by atoms with Gasteiger partial charge in [0, 0.05) is 18.0 Å². The van der Waals surface area contributed by atoms with E-state index in [0.29, 0.717) is 5.75 Å². The summed E-state index contributed by atoms with van der Waals surface area (Å²) < 4.78 is 36.3. The normalized spacial score (nSPS) is 11.5. The van der Waals surface area contributed by atoms with Crippen molar-refractivity contribution in [3.8, 4) is 5.75 Å². The Morgan fingerprint density at radius 2 is 2.07 bits per heavy atom. The first-order valence-corrected chi connectivity index (χ1v) is 9.52. The number of carbonyl (C=O) groups excluding carboxylic acids is 1. The molecule has 0 unspecified atom stereocenters. The fraction of sp³-hybridized carbons (Fsp3) is 0.143. The van der Waals surface area contributed by atoms with Crippen molar-refractivity contribution in [2.24, 2.45) is 4.99 Å². The van der Waals surface area contributed by atoms with Crippen LogP contribution in [0.25, 0.3) is 5.57 Å². The maximum atomic E-state index is 14.2. The molecular weight excluding hydrogens is 382 g/mol. The van der Waals surface area contributed by atoms with E-state index in [-0.39, 0.29) is 17.7 Å². The fourth-order valence-corrected chi connectivity index (χ4v) is 2.65. The molecule has 0 fully saturated rings. The molecule has 0 heterocycles. The van der Waals surface area contributed by atoms with E-state index in [1.807, 2.05) is 25.1 Å². The van der Waals surface area contributed by atoms with Crippen molar-refractivity contribution >= 4 is 30.1 Å². The maximum absolute atomic E-state index is 14.2. The standard InChI is InChI=1S/C21H20F2N2O2S/c1-14(6-5-9-24-2)15-7-4-8-17(10-15)27-13-16-11-20(23)18(12-19(16)22)21(26)25-28-3/h4-12H,2,13H2,1,3H3,(H,25,26)/b9-5-,14-6+. The molecule has 28 heavy (non-hydrogen) atoms. The molecule has 2 rings (SSSR count). The lowest BCUT2D eigenvalue weighted by molar-refractivity contribution is 0.0980. The Labute approximate surface area is 167 Å². The minimum Gasteiger partial charge on any atom is -0.489 e. The van der Waals surface area contributed by atoms with Gasteiger partial charge in [0.1, 0.15) is 24.0 Å². The van der Waals surface area contributed by atoms with Gasteiger partial charge in [0.05, 0.1) is 5.56 Å². The summed E-state index contributed by atoms with van der Waals surface area (Å²) in [5, 5.41) is 0. The van der Waals surface area contributed by atoms with Crippen LogP contribution in [0.15, 0.2) is 59.7 Å². The Hall–Kier alpha value is -2.93. The first kappa shape index (κ1) is 21.4. The summed E-state index contributed by atoms with van der Waals surface area (Å²) >= 11 is 1.01. The molecule has 2 aromatic rings. The lowest BCUT2D eigenvalue weighted by atomic mass is 10.1. The summed E-state index contributed by atoms with van der Waals surface area (Å²) in [5.41, 5.74) is 1.57. The van der Waals surface area contributed by atoms with Gasteiger partial charge in [-0.25, -0.2) is 8.78 Å². The van der Waals surface area contributed by atoms with Crippen LogP contribution in [0.4, 0.5) is 8.78 Å². The number of benzene rings is 2. The highest BCUT2D eigenvalue weighted by atomic mass is 32.2. The lowest BCUT2D eigenvalue weighted by Crippen LogP contribution is -2.17. The lowest BCUT2D eigenvalue weighted by Gasteiger charge is -2.11. The molecule has 0 atom stereocenters. The van der Waals surface area contributed by atoms with Crippen molar-refractivity contribution in [1.29, 1.82) is 0 Å². The molecular formula is C21H20F2N2O2S. The Balaban J connectivity index is 2.14. The highest BCUT2D eigenvalue weighted by Gasteiger charge is 2.16. The van der Waals surface area contributed by atoms with Gasteiger partial charge in [0.2, 0.25) is 0 Å². The molecule has 1 N–H and O–H groups in total. The summed E-state index contributed by atoms with van der Waals surface area (Å²) in [6.07, 6.45) is 6.83. The predicted molar refractivity (Wildman–Crippen MR) is 110 cm³/mol. The van der Waals surface area contributed by atoms with Gasteiger partial charge in [0.15, 0.2) is 0 Å². The molecule has 0 saturated carbocycles. The minimum atomic E-state index is -0.804. The van der Waals surface area contributed by atoms with Crippen molar-refractivity contribution in [2.45, 2.75) is 13.5 Å². The third-order valence-electron chi connectivity index (χ3n) is 3.80. The molecule has 146 valence electrons. The monoisotopic (exact) mass is 402 g/mol. The number of hydrogen-bond acceptors (Lipinski definition) is 4. The minimum absolute atomic E-state index is 0.0239. The molecule has 0 spiro atoms. The first-order valence-electron chi connectivity index (χ1n) is 8.30. The smallest absolute Gasteiger partial charge is 0.264 e. The Morgan fingerprint density at radius 1 is 1.29 bits per heavy atom. The number of carbonyl (C=O) groups is 1. The summed E-state index contributed by atoms with van der Waals surface area (Å²) in [6.45, 7) is 5.13. The largest absolute Gasteiger partial charge is 0.489 e. The van der Waals surface area contributed by atoms with Gasteiger partial charge < -0.3 is 4.74 Å². The van der Waals surface area contributed by atoms with Gasteiger partial charge in [0.25, 0.3) is 5.91 Å². The molecule has 2 aromatic carbocycles. The van der Waals surface area contributed by atoms with Crippen molar-refractivity contribution in [2.75, 3.05) is 6.26 Å². The topological polar surface area (TPSA) is 50.7 Å². The van der Waals surface area contributed by atoms with Gasteiger partial charge in [-0.1, -0.05) is 30.2 Å². The van der Waals surface area contributed by atoms with Crippen LogP contribution < -0.4 is 9.46 Å². The van der Waals surface area contributed by atoms with E-state index >= 15 is 0 Å². The molecule has 7 heteroatoms. The second-order valence-corrected chi connectivity index (χ2v) is 6.36. The van der Waals surface area contributed by atoms with Crippen LogP contribution in [-0.2, 0) is 6.61 Å². The number of nitrogens with one attached hydrogen (secondary N) is 1. The van der Waals surface area contributed by atoms with Gasteiger partial charge in [-0.3, -0.25) is 14.5 Å². The number of hydrogen-bond donors (Lipinski definition) is 1. The number of aliphatic imine (C=N–C) groups is 1. The summed E-state index contributed by atoms with van der Waals surface area (Å²) in [5.74, 6) is -1.68. The summed E-state index contributed by atoms with van der Waals surface area (Å²) in [4.78, 5) is 15.3. The third-order valence-corrected chi connectivity index (χ3v) is 4.19. The van der Waals surface area contributed by atoms with Crippen LogP contribution in [0, 0.1) is 11.6 Å². The van der Waals surface area contributed by atoms with Crippen LogP contribution in [-0.4, -0.2) is 18.9 Å². The van der Waals surface area contributed by atoms with Crippen molar-refractivity contribution in [3.05, 3.63) is 83.1 Å². The number of allylic oxidation sites excluding steroid dienone is 3. The van der Waals surface area contributed by atoms with E-state index in [0.717, 1.165) is 35.2 Å². The molecule has 0 aliphatic heterocycles. The zero-order valence-corrected chi connectivity index (χ0v) is 16.4. The van der Waals surface area contributed by atoms with E-state index in [9.17, 15) is 13.6 Å². The van der Waals surface area contributed by atoms with E-state index in [2.05, 4.69) is 16.4 Å². The average Bonchev–Trinajstić information content (AvgIpc) is 2.68. The summed E-state index contributed by atoms with van der Waals surface area (Å²) in [7, 11) is 0. The SMILES string of the molecule is C=N/C=C\C=C(/C)c1cccc(OCc2cc(F)c(C(=O)NSC)cc2F)c1. The van der Waals surface area contributed by atoms with Gasteiger partial charge >= 0.3 is 0 Å². The number of amides is 1. The molecule has 4 nitrogen and oxygen atoms in total. The molecule has 0 aliphatic rings. The molecule has 0 aliphatic carbocycles. The second kappa shape index (κ2) is 10.4. The van der Waals surface area contributed by atoms with Gasteiger partial charge in [-0.2, -0.15) is 0 Å². The number of ether oxygens (including phenoxy) is 1. The number of nitrogens with zero attached hydrogens (tertiary/aromatic N) is 1. The van der Waals surface area contributed by atoms with Crippen LogP contribution in [0.5, 0.6) is 5.75 Å². The van der Waals surface area contributed by atoms with Crippen molar-refractivity contribution < 1.29 is 18.3 Å². The Bertz CT molecular complexity index is 927. The summed E-state index contributed by atoms with van der Waals surface area (Å²) in [6, 6.07) is 9.11. The maximum Gasteiger partial charge on any atom is 0.264 e. The number of rotatable bonds is 8. The Kier molecular flexibility index (Phi) is 7.95. The molecule has 0 radical (unpaired) electrons. The van der Waals surface area contributed by atoms with E-state index in [1.54, 1.807) is 30.7 Å². The molecule has 0 aromatic heterocycles. The van der Waals surface area contributed by atoms with Crippen LogP contribution >= 0.6 is 11.9 Å². The van der Waals surface area contributed by atoms with Crippen LogP contribution in [0.1, 0.15) is 28.4 Å². The quantitative estimate of drug-likeness (QED) is 0.377. The van der Waals surface area contributed by atoms with E-state index < -0.39 is 17.5 Å². The van der Waals surface area contributed by atoms with Crippen molar-refractivity contribution in [3.63, 3.8) is 0 Å².